The molecule has 0 saturated carbocycles. The molecule has 1 aromatic carbocycles. The van der Waals surface area contributed by atoms with Crippen LogP contribution in [0.5, 0.6) is 0 Å². The van der Waals surface area contributed by atoms with E-state index in [0.717, 1.165) is 5.56 Å². The topological polar surface area (TPSA) is 135 Å². The van der Waals surface area contributed by atoms with Gasteiger partial charge in [0.2, 0.25) is 11.7 Å². The van der Waals surface area contributed by atoms with Crippen molar-refractivity contribution in [2.45, 2.75) is 6.54 Å². The minimum absolute atomic E-state index is 0.0373. The molecule has 148 valence electrons. The van der Waals surface area contributed by atoms with Crippen LogP contribution in [0.25, 0.3) is 28.1 Å². The summed E-state index contributed by atoms with van der Waals surface area (Å²) in [6.45, 7) is 0.0373. The first kappa shape index (κ1) is 17.9. The molecule has 0 N–H and O–H groups in total. The van der Waals surface area contributed by atoms with Gasteiger partial charge in [-0.25, -0.2) is 9.67 Å². The molecule has 5 aromatic rings. The predicted molar refractivity (Wildman–Crippen MR) is 106 cm³/mol. The van der Waals surface area contributed by atoms with Crippen molar-refractivity contribution < 1.29 is 9.45 Å². The van der Waals surface area contributed by atoms with Crippen LogP contribution in [0.4, 0.5) is 5.69 Å². The van der Waals surface area contributed by atoms with Crippen LogP contribution in [-0.4, -0.2) is 34.4 Å². The second-order valence-corrected chi connectivity index (χ2v) is 7.02. The number of aromatic nitrogens is 6. The fraction of sp³-hybridized carbons (Fsp3) is 0.0556. The number of nitro groups is 1. The summed E-state index contributed by atoms with van der Waals surface area (Å²) in [4.78, 5) is 32.3. The quantitative estimate of drug-likeness (QED) is 0.312. The fourth-order valence-electron chi connectivity index (χ4n) is 3.01. The molecule has 5 rings (SSSR count). The molecule has 11 nitrogen and oxygen atoms in total. The minimum atomic E-state index is -0.509. The lowest BCUT2D eigenvalue weighted by molar-refractivity contribution is -0.384. The van der Waals surface area contributed by atoms with Crippen LogP contribution in [0.15, 0.2) is 62.9 Å². The smallest absolute Gasteiger partial charge is 0.294 e. The second kappa shape index (κ2) is 7.00. The SMILES string of the molecule is O=c1c2cnn(-c3ccccc3[N+](=O)[O-])c2ncn1Cc1nc(-c2ccsc2)no1. The van der Waals surface area contributed by atoms with E-state index in [-0.39, 0.29) is 40.4 Å². The van der Waals surface area contributed by atoms with Crippen LogP contribution >= 0.6 is 11.3 Å². The average molecular weight is 421 g/mol. The molecule has 0 saturated heterocycles. The average Bonchev–Trinajstić information content (AvgIpc) is 3.50. The zero-order valence-electron chi connectivity index (χ0n) is 15.1. The van der Waals surface area contributed by atoms with Crippen LogP contribution in [0.2, 0.25) is 0 Å². The van der Waals surface area contributed by atoms with Gasteiger partial charge in [-0.1, -0.05) is 17.3 Å². The number of hydrogen-bond donors (Lipinski definition) is 0. The summed E-state index contributed by atoms with van der Waals surface area (Å²) < 4.78 is 7.83. The molecular weight excluding hydrogens is 410 g/mol. The van der Waals surface area contributed by atoms with Crippen molar-refractivity contribution in [1.29, 1.82) is 0 Å². The molecule has 0 radical (unpaired) electrons. The highest BCUT2D eigenvalue weighted by atomic mass is 32.1. The molecule has 0 aliphatic rings. The van der Waals surface area contributed by atoms with Gasteiger partial charge in [-0.05, 0) is 17.5 Å². The summed E-state index contributed by atoms with van der Waals surface area (Å²) in [5.74, 6) is 0.697. The lowest BCUT2D eigenvalue weighted by atomic mass is 10.2. The zero-order valence-corrected chi connectivity index (χ0v) is 15.9. The Morgan fingerprint density at radius 2 is 2.10 bits per heavy atom. The molecule has 0 fully saturated rings. The number of fused-ring (bicyclic) bond motifs is 1. The van der Waals surface area contributed by atoms with Gasteiger partial charge in [0.05, 0.1) is 11.1 Å². The largest absolute Gasteiger partial charge is 0.337 e. The van der Waals surface area contributed by atoms with Gasteiger partial charge < -0.3 is 4.52 Å². The van der Waals surface area contributed by atoms with Crippen LogP contribution in [0.3, 0.4) is 0 Å². The van der Waals surface area contributed by atoms with Gasteiger partial charge in [0.25, 0.3) is 11.2 Å². The maximum Gasteiger partial charge on any atom is 0.294 e. The lowest BCUT2D eigenvalue weighted by Gasteiger charge is -2.05. The summed E-state index contributed by atoms with van der Waals surface area (Å²) in [5, 5.41) is 23.4. The number of para-hydroxylation sites is 2. The zero-order chi connectivity index (χ0) is 20.7. The summed E-state index contributed by atoms with van der Waals surface area (Å²) in [7, 11) is 0. The monoisotopic (exact) mass is 421 g/mol. The van der Waals surface area contributed by atoms with Crippen molar-refractivity contribution >= 4 is 28.1 Å². The van der Waals surface area contributed by atoms with Crippen LogP contribution in [-0.2, 0) is 6.54 Å². The summed E-state index contributed by atoms with van der Waals surface area (Å²) >= 11 is 1.52. The molecule has 4 heterocycles. The Bertz CT molecular complexity index is 1430. The van der Waals surface area contributed by atoms with E-state index in [4.69, 9.17) is 4.52 Å². The molecular formula is C18H11N7O4S. The molecule has 0 spiro atoms. The van der Waals surface area contributed by atoms with E-state index < -0.39 is 4.92 Å². The molecule has 30 heavy (non-hydrogen) atoms. The Labute approximate surface area is 171 Å². The van der Waals surface area contributed by atoms with Crippen molar-refractivity contribution in [3.8, 4) is 17.1 Å². The van der Waals surface area contributed by atoms with E-state index in [1.54, 1.807) is 18.2 Å². The standard InChI is InChI=1S/C18H11N7O4S/c26-18-12-7-20-24(13-3-1-2-4-14(13)25(27)28)17(12)19-10-23(18)8-15-21-16(22-29-15)11-5-6-30-9-11/h1-7,9-10H,8H2. The molecule has 12 heteroatoms. The van der Waals surface area contributed by atoms with Crippen LogP contribution < -0.4 is 5.56 Å². The van der Waals surface area contributed by atoms with Crippen molar-refractivity contribution in [1.82, 2.24) is 29.5 Å². The van der Waals surface area contributed by atoms with E-state index in [9.17, 15) is 14.9 Å². The maximum absolute atomic E-state index is 12.9. The van der Waals surface area contributed by atoms with Gasteiger partial charge in [-0.15, -0.1) is 0 Å². The van der Waals surface area contributed by atoms with Gasteiger partial charge in [-0.2, -0.15) is 21.4 Å². The van der Waals surface area contributed by atoms with Crippen molar-refractivity contribution in [2.24, 2.45) is 0 Å². The Morgan fingerprint density at radius 3 is 2.90 bits per heavy atom. The third-order valence-electron chi connectivity index (χ3n) is 4.41. The number of nitrogens with zero attached hydrogens (tertiary/aromatic N) is 7. The molecule has 0 amide bonds. The first-order valence-electron chi connectivity index (χ1n) is 8.64. The summed E-state index contributed by atoms with van der Waals surface area (Å²) in [6.07, 6.45) is 2.66. The van der Waals surface area contributed by atoms with E-state index in [1.807, 2.05) is 16.8 Å². The van der Waals surface area contributed by atoms with Gasteiger partial charge in [0, 0.05) is 17.0 Å². The first-order valence-corrected chi connectivity index (χ1v) is 9.58. The molecule has 0 unspecified atom stereocenters. The highest BCUT2D eigenvalue weighted by molar-refractivity contribution is 7.08. The number of thiophene rings is 1. The number of rotatable bonds is 5. The van der Waals surface area contributed by atoms with Gasteiger partial charge in [-0.3, -0.25) is 19.5 Å². The van der Waals surface area contributed by atoms with E-state index in [1.165, 1.54) is 39.2 Å². The maximum atomic E-state index is 12.9. The normalized spacial score (nSPS) is 11.2. The third-order valence-corrected chi connectivity index (χ3v) is 5.10. The Hall–Kier alpha value is -4.19. The van der Waals surface area contributed by atoms with Crippen molar-refractivity contribution in [2.75, 3.05) is 0 Å². The van der Waals surface area contributed by atoms with Crippen LogP contribution in [0, 0.1) is 10.1 Å². The van der Waals surface area contributed by atoms with Gasteiger partial charge >= 0.3 is 0 Å². The second-order valence-electron chi connectivity index (χ2n) is 6.24. The first-order chi connectivity index (χ1) is 14.6. The lowest BCUT2D eigenvalue weighted by Crippen LogP contribution is -2.21. The van der Waals surface area contributed by atoms with Gasteiger partial charge in [0.15, 0.2) is 5.65 Å². The van der Waals surface area contributed by atoms with Crippen molar-refractivity contribution in [3.05, 3.63) is 80.0 Å². The predicted octanol–water partition coefficient (Wildman–Crippen LogP) is 2.65. The summed E-state index contributed by atoms with van der Waals surface area (Å²) in [6, 6.07) is 7.99. The van der Waals surface area contributed by atoms with E-state index in [2.05, 4.69) is 20.2 Å². The van der Waals surface area contributed by atoms with E-state index >= 15 is 0 Å². The Morgan fingerprint density at radius 1 is 1.23 bits per heavy atom. The van der Waals surface area contributed by atoms with Crippen LogP contribution in [0.1, 0.15) is 5.89 Å². The molecule has 0 aliphatic carbocycles. The highest BCUT2D eigenvalue weighted by Gasteiger charge is 2.19. The molecule has 0 aliphatic heterocycles. The molecule has 0 atom stereocenters. The Kier molecular flexibility index (Phi) is 4.17. The Balaban J connectivity index is 1.52. The number of hydrogen-bond acceptors (Lipinski definition) is 9. The van der Waals surface area contributed by atoms with E-state index in [0.29, 0.717) is 5.82 Å². The molecule has 0 bridgehead atoms. The third kappa shape index (κ3) is 2.95. The minimum Gasteiger partial charge on any atom is -0.337 e. The fourth-order valence-corrected chi connectivity index (χ4v) is 3.64. The van der Waals surface area contributed by atoms with Gasteiger partial charge in [0.1, 0.15) is 23.9 Å². The van der Waals surface area contributed by atoms with Crippen molar-refractivity contribution in [3.63, 3.8) is 0 Å². The number of nitro benzene ring substituents is 1. The number of benzene rings is 1. The highest BCUT2D eigenvalue weighted by Crippen LogP contribution is 2.24. The summed E-state index contributed by atoms with van der Waals surface area (Å²) in [5.41, 5.74) is 0.761. The molecule has 4 aromatic heterocycles.